The Bertz CT molecular complexity index is 523. The molecule has 19 heavy (non-hydrogen) atoms. The van der Waals surface area contributed by atoms with Gasteiger partial charge in [-0.1, -0.05) is 11.6 Å². The lowest BCUT2D eigenvalue weighted by Crippen LogP contribution is -2.06. The summed E-state index contributed by atoms with van der Waals surface area (Å²) < 4.78 is 12.5. The molecule has 0 atom stereocenters. The maximum absolute atomic E-state index is 12.5. The highest BCUT2D eigenvalue weighted by Crippen LogP contribution is 2.14. The Hall–Kier alpha value is -1.40. The Morgan fingerprint density at radius 3 is 2.89 bits per heavy atom. The van der Waals surface area contributed by atoms with Gasteiger partial charge in [-0.3, -0.25) is 0 Å². The van der Waals surface area contributed by atoms with Gasteiger partial charge in [0.25, 0.3) is 0 Å². The second kappa shape index (κ2) is 7.25. The molecule has 0 saturated carbocycles. The minimum absolute atomic E-state index is 0.512. The van der Waals surface area contributed by atoms with E-state index in [0.29, 0.717) is 11.0 Å². The Kier molecular flexibility index (Phi) is 5.35. The average Bonchev–Trinajstić information content (AvgIpc) is 2.41. The fourth-order valence-electron chi connectivity index (χ4n) is 1.38. The van der Waals surface area contributed by atoms with Crippen LogP contribution in [-0.2, 0) is 5.75 Å². The summed E-state index contributed by atoms with van der Waals surface area (Å²) in [5, 5.41) is 3.58. The molecule has 0 spiro atoms. The average molecular weight is 299 g/mol. The van der Waals surface area contributed by atoms with E-state index < -0.39 is 5.95 Å². The van der Waals surface area contributed by atoms with Crippen LogP contribution in [0.4, 0.5) is 10.2 Å². The molecule has 0 aliphatic rings. The first-order chi connectivity index (χ1) is 9.24. The molecule has 7 heteroatoms. The van der Waals surface area contributed by atoms with E-state index in [1.54, 1.807) is 18.0 Å². The van der Waals surface area contributed by atoms with Gasteiger partial charge >= 0.3 is 0 Å². The SMILES string of the molecule is Fc1cnc(NCCSCc2ccnc(Cl)c2)cn1. The monoisotopic (exact) mass is 298 g/mol. The summed E-state index contributed by atoms with van der Waals surface area (Å²) in [6.07, 6.45) is 4.17. The predicted octanol–water partition coefficient (Wildman–Crippen LogP) is 3.01. The van der Waals surface area contributed by atoms with Gasteiger partial charge < -0.3 is 5.32 Å². The fraction of sp³-hybridized carbons (Fsp3) is 0.250. The molecule has 1 N–H and O–H groups in total. The molecule has 0 aliphatic heterocycles. The highest BCUT2D eigenvalue weighted by atomic mass is 35.5. The number of nitrogens with one attached hydrogen (secondary N) is 1. The van der Waals surface area contributed by atoms with E-state index in [2.05, 4.69) is 20.3 Å². The Morgan fingerprint density at radius 1 is 1.26 bits per heavy atom. The molecule has 0 radical (unpaired) electrons. The second-order valence-corrected chi connectivity index (χ2v) is 5.18. The molecule has 2 heterocycles. The van der Waals surface area contributed by atoms with Crippen molar-refractivity contribution in [3.05, 3.63) is 47.4 Å². The summed E-state index contributed by atoms with van der Waals surface area (Å²) in [6, 6.07) is 3.80. The zero-order valence-corrected chi connectivity index (χ0v) is 11.6. The molecule has 2 aromatic rings. The summed E-state index contributed by atoms with van der Waals surface area (Å²) >= 11 is 7.57. The fourth-order valence-corrected chi connectivity index (χ4v) is 2.38. The van der Waals surface area contributed by atoms with Crippen LogP contribution in [0.2, 0.25) is 5.15 Å². The van der Waals surface area contributed by atoms with Crippen LogP contribution >= 0.6 is 23.4 Å². The predicted molar refractivity (Wildman–Crippen MR) is 75.9 cm³/mol. The third-order valence-corrected chi connectivity index (χ3v) is 3.47. The number of rotatable bonds is 6. The van der Waals surface area contributed by atoms with Gasteiger partial charge in [-0.2, -0.15) is 16.2 Å². The van der Waals surface area contributed by atoms with Crippen molar-refractivity contribution in [3.8, 4) is 0 Å². The second-order valence-electron chi connectivity index (χ2n) is 3.69. The molecule has 0 aliphatic carbocycles. The van der Waals surface area contributed by atoms with Crippen LogP contribution in [0.25, 0.3) is 0 Å². The first-order valence-electron chi connectivity index (χ1n) is 5.63. The van der Waals surface area contributed by atoms with Crippen molar-refractivity contribution < 1.29 is 4.39 Å². The molecule has 0 fully saturated rings. The number of aromatic nitrogens is 3. The lowest BCUT2D eigenvalue weighted by Gasteiger charge is -2.05. The standard InChI is InChI=1S/C12H12ClFN4S/c13-10-5-9(1-2-15-10)8-19-4-3-16-12-7-17-11(14)6-18-12/h1-2,5-7H,3-4,8H2,(H,16,18). The van der Waals surface area contributed by atoms with Crippen molar-refractivity contribution in [2.75, 3.05) is 17.6 Å². The van der Waals surface area contributed by atoms with Gasteiger partial charge in [-0.15, -0.1) is 0 Å². The van der Waals surface area contributed by atoms with E-state index in [1.165, 1.54) is 6.20 Å². The van der Waals surface area contributed by atoms with Gasteiger partial charge in [-0.25, -0.2) is 15.0 Å². The Morgan fingerprint density at radius 2 is 2.16 bits per heavy atom. The molecule has 2 aromatic heterocycles. The number of pyridine rings is 1. The van der Waals surface area contributed by atoms with Crippen molar-refractivity contribution in [1.82, 2.24) is 15.0 Å². The lowest BCUT2D eigenvalue weighted by atomic mass is 10.3. The van der Waals surface area contributed by atoms with E-state index in [-0.39, 0.29) is 0 Å². The molecular weight excluding hydrogens is 287 g/mol. The largest absolute Gasteiger partial charge is 0.368 e. The molecule has 0 unspecified atom stereocenters. The van der Waals surface area contributed by atoms with Crippen LogP contribution in [-0.4, -0.2) is 27.2 Å². The molecule has 0 saturated heterocycles. The minimum atomic E-state index is -0.575. The quantitative estimate of drug-likeness (QED) is 0.656. The van der Waals surface area contributed by atoms with E-state index in [9.17, 15) is 4.39 Å². The van der Waals surface area contributed by atoms with E-state index in [1.807, 2.05) is 12.1 Å². The van der Waals surface area contributed by atoms with Crippen LogP contribution in [0.5, 0.6) is 0 Å². The number of hydrogen-bond acceptors (Lipinski definition) is 5. The van der Waals surface area contributed by atoms with E-state index in [4.69, 9.17) is 11.6 Å². The van der Waals surface area contributed by atoms with Crippen LogP contribution < -0.4 is 5.32 Å². The van der Waals surface area contributed by atoms with Crippen LogP contribution in [0.1, 0.15) is 5.56 Å². The first kappa shape index (κ1) is 14.0. The van der Waals surface area contributed by atoms with Gasteiger partial charge in [-0.05, 0) is 17.7 Å². The smallest absolute Gasteiger partial charge is 0.231 e. The zero-order chi connectivity index (χ0) is 13.5. The van der Waals surface area contributed by atoms with Crippen LogP contribution in [0.15, 0.2) is 30.7 Å². The third-order valence-electron chi connectivity index (χ3n) is 2.23. The summed E-state index contributed by atoms with van der Waals surface area (Å²) in [6.45, 7) is 0.740. The molecule has 0 bridgehead atoms. The van der Waals surface area contributed by atoms with Gasteiger partial charge in [0, 0.05) is 24.2 Å². The Labute approximate surface area is 119 Å². The maximum atomic E-state index is 12.5. The summed E-state index contributed by atoms with van der Waals surface area (Å²) in [5.41, 5.74) is 1.14. The van der Waals surface area contributed by atoms with Gasteiger partial charge in [0.15, 0.2) is 0 Å². The minimum Gasteiger partial charge on any atom is -0.368 e. The van der Waals surface area contributed by atoms with Crippen molar-refractivity contribution >= 4 is 29.2 Å². The third kappa shape index (κ3) is 5.00. The number of nitrogens with zero attached hydrogens (tertiary/aromatic N) is 3. The number of anilines is 1. The zero-order valence-electron chi connectivity index (χ0n) is 10.0. The van der Waals surface area contributed by atoms with Gasteiger partial charge in [0.2, 0.25) is 5.95 Å². The van der Waals surface area contributed by atoms with E-state index >= 15 is 0 Å². The molecule has 0 aromatic carbocycles. The normalized spacial score (nSPS) is 10.4. The number of halogens is 2. The maximum Gasteiger partial charge on any atom is 0.231 e. The number of thioether (sulfide) groups is 1. The lowest BCUT2D eigenvalue weighted by molar-refractivity contribution is 0.577. The topological polar surface area (TPSA) is 50.7 Å². The highest BCUT2D eigenvalue weighted by molar-refractivity contribution is 7.98. The van der Waals surface area contributed by atoms with Gasteiger partial charge in [0.05, 0.1) is 12.4 Å². The van der Waals surface area contributed by atoms with Crippen LogP contribution in [0.3, 0.4) is 0 Å². The molecule has 2 rings (SSSR count). The Balaban J connectivity index is 1.66. The van der Waals surface area contributed by atoms with E-state index in [0.717, 1.165) is 29.8 Å². The highest BCUT2D eigenvalue weighted by Gasteiger charge is 1.97. The summed E-state index contributed by atoms with van der Waals surface area (Å²) in [7, 11) is 0. The number of hydrogen-bond donors (Lipinski definition) is 1. The van der Waals surface area contributed by atoms with Crippen molar-refractivity contribution in [3.63, 3.8) is 0 Å². The summed E-state index contributed by atoms with van der Waals surface area (Å²) in [5.74, 6) is 1.78. The van der Waals surface area contributed by atoms with Crippen molar-refractivity contribution in [2.24, 2.45) is 0 Å². The van der Waals surface area contributed by atoms with Gasteiger partial charge in [0.1, 0.15) is 11.0 Å². The molecule has 0 amide bonds. The molecular formula is C12H12ClFN4S. The molecule has 4 nitrogen and oxygen atoms in total. The first-order valence-corrected chi connectivity index (χ1v) is 7.17. The van der Waals surface area contributed by atoms with Crippen molar-refractivity contribution in [2.45, 2.75) is 5.75 Å². The summed E-state index contributed by atoms with van der Waals surface area (Å²) in [4.78, 5) is 11.3. The van der Waals surface area contributed by atoms with Crippen LogP contribution in [0, 0.1) is 5.95 Å². The van der Waals surface area contributed by atoms with Crippen molar-refractivity contribution in [1.29, 1.82) is 0 Å². The molecule has 100 valence electrons.